The van der Waals surface area contributed by atoms with Gasteiger partial charge in [0.1, 0.15) is 12.4 Å². The Morgan fingerprint density at radius 3 is 2.53 bits per heavy atom. The predicted molar refractivity (Wildman–Crippen MR) is 76.7 cm³/mol. The first-order chi connectivity index (χ1) is 8.26. The van der Waals surface area contributed by atoms with Crippen LogP contribution in [0.4, 0.5) is 0 Å². The Morgan fingerprint density at radius 2 is 1.94 bits per heavy atom. The van der Waals surface area contributed by atoms with Crippen LogP contribution in [0.5, 0.6) is 0 Å². The van der Waals surface area contributed by atoms with Crippen LogP contribution in [-0.2, 0) is 11.3 Å². The van der Waals surface area contributed by atoms with Crippen LogP contribution in [0, 0.1) is 0 Å². The van der Waals surface area contributed by atoms with Crippen molar-refractivity contribution >= 4 is 15.9 Å². The van der Waals surface area contributed by atoms with Gasteiger partial charge in [-0.3, -0.25) is 0 Å². The summed E-state index contributed by atoms with van der Waals surface area (Å²) in [6.45, 7) is 7.88. The van der Waals surface area contributed by atoms with Gasteiger partial charge >= 0.3 is 0 Å². The SMILES string of the molecule is C=C/C=C(Br)\C=C(/C=C)OCc1ccccc1. The van der Waals surface area contributed by atoms with E-state index in [2.05, 4.69) is 29.1 Å². The first-order valence-electron chi connectivity index (χ1n) is 5.25. The van der Waals surface area contributed by atoms with Crippen molar-refractivity contribution in [1.29, 1.82) is 0 Å². The normalized spacial score (nSPS) is 12.1. The molecule has 0 aliphatic heterocycles. The second-order valence-corrected chi connectivity index (χ2v) is 4.23. The van der Waals surface area contributed by atoms with Gasteiger partial charge in [0, 0.05) is 4.48 Å². The highest BCUT2D eigenvalue weighted by Gasteiger charge is 1.96. The third-order valence-corrected chi connectivity index (χ3v) is 2.50. The molecule has 0 aromatic heterocycles. The minimum atomic E-state index is 0.535. The van der Waals surface area contributed by atoms with E-state index in [4.69, 9.17) is 4.74 Å². The molecule has 0 unspecified atom stereocenters. The first kappa shape index (κ1) is 13.5. The van der Waals surface area contributed by atoms with Crippen LogP contribution >= 0.6 is 15.9 Å². The number of benzene rings is 1. The maximum absolute atomic E-state index is 5.63. The van der Waals surface area contributed by atoms with Crippen LogP contribution in [0.25, 0.3) is 0 Å². The molecule has 0 bridgehead atoms. The Balaban J connectivity index is 2.62. The molecule has 1 aromatic rings. The van der Waals surface area contributed by atoms with Crippen LogP contribution in [0.15, 0.2) is 78.0 Å². The topological polar surface area (TPSA) is 9.23 Å². The summed E-state index contributed by atoms with van der Waals surface area (Å²) in [5.41, 5.74) is 1.13. The summed E-state index contributed by atoms with van der Waals surface area (Å²) in [7, 11) is 0. The number of allylic oxidation sites excluding steroid dienone is 5. The largest absolute Gasteiger partial charge is 0.489 e. The van der Waals surface area contributed by atoms with Crippen molar-refractivity contribution in [3.8, 4) is 0 Å². The second-order valence-electron chi connectivity index (χ2n) is 3.31. The van der Waals surface area contributed by atoms with E-state index in [1.807, 2.05) is 42.5 Å². The van der Waals surface area contributed by atoms with Gasteiger partial charge in [0.25, 0.3) is 0 Å². The Kier molecular flexibility index (Phi) is 6.12. The molecule has 0 aliphatic rings. The molecule has 0 atom stereocenters. The summed E-state index contributed by atoms with van der Waals surface area (Å²) in [6, 6.07) is 10.0. The van der Waals surface area contributed by atoms with Crippen LogP contribution < -0.4 is 0 Å². The van der Waals surface area contributed by atoms with Crippen molar-refractivity contribution in [2.45, 2.75) is 6.61 Å². The van der Waals surface area contributed by atoms with E-state index in [0.29, 0.717) is 6.61 Å². The second kappa shape index (κ2) is 7.69. The fourth-order valence-electron chi connectivity index (χ4n) is 1.20. The van der Waals surface area contributed by atoms with Crippen molar-refractivity contribution < 1.29 is 4.74 Å². The van der Waals surface area contributed by atoms with Crippen molar-refractivity contribution in [2.24, 2.45) is 0 Å². The Morgan fingerprint density at radius 1 is 1.24 bits per heavy atom. The Hall–Kier alpha value is -1.54. The van der Waals surface area contributed by atoms with E-state index in [9.17, 15) is 0 Å². The monoisotopic (exact) mass is 290 g/mol. The smallest absolute Gasteiger partial charge is 0.120 e. The lowest BCUT2D eigenvalue weighted by Gasteiger charge is -2.06. The van der Waals surface area contributed by atoms with E-state index in [1.165, 1.54) is 0 Å². The van der Waals surface area contributed by atoms with Gasteiger partial charge in [-0.1, -0.05) is 65.5 Å². The van der Waals surface area contributed by atoms with E-state index in [0.717, 1.165) is 15.8 Å². The number of ether oxygens (including phenoxy) is 1. The van der Waals surface area contributed by atoms with Crippen molar-refractivity contribution in [3.05, 3.63) is 83.6 Å². The predicted octanol–water partition coefficient (Wildman–Crippen LogP) is 4.74. The molecule has 0 heterocycles. The molecule has 1 aromatic carbocycles. The van der Waals surface area contributed by atoms with Crippen molar-refractivity contribution in [3.63, 3.8) is 0 Å². The van der Waals surface area contributed by atoms with Crippen molar-refractivity contribution in [2.75, 3.05) is 0 Å². The van der Waals surface area contributed by atoms with Crippen LogP contribution in [-0.4, -0.2) is 0 Å². The van der Waals surface area contributed by atoms with E-state index < -0.39 is 0 Å². The zero-order chi connectivity index (χ0) is 12.5. The molecule has 0 aliphatic carbocycles. The summed E-state index contributed by atoms with van der Waals surface area (Å²) >= 11 is 3.39. The molecule has 0 amide bonds. The summed E-state index contributed by atoms with van der Waals surface area (Å²) in [6.07, 6.45) is 7.09. The Bertz CT molecular complexity index is 429. The van der Waals surface area contributed by atoms with E-state index in [1.54, 1.807) is 12.2 Å². The average molecular weight is 291 g/mol. The van der Waals surface area contributed by atoms with Gasteiger partial charge in [-0.15, -0.1) is 0 Å². The van der Waals surface area contributed by atoms with Crippen LogP contribution in [0.2, 0.25) is 0 Å². The molecule has 2 heteroatoms. The van der Waals surface area contributed by atoms with E-state index in [-0.39, 0.29) is 0 Å². The fraction of sp³-hybridized carbons (Fsp3) is 0.0667. The molecule has 0 saturated heterocycles. The lowest BCUT2D eigenvalue weighted by atomic mass is 10.2. The molecule has 0 N–H and O–H groups in total. The quantitative estimate of drug-likeness (QED) is 0.543. The highest BCUT2D eigenvalue weighted by atomic mass is 79.9. The minimum absolute atomic E-state index is 0.535. The van der Waals surface area contributed by atoms with Gasteiger partial charge in [0.15, 0.2) is 0 Å². The lowest BCUT2D eigenvalue weighted by molar-refractivity contribution is 0.211. The fourth-order valence-corrected chi connectivity index (χ4v) is 1.61. The van der Waals surface area contributed by atoms with Gasteiger partial charge in [-0.2, -0.15) is 0 Å². The summed E-state index contributed by atoms with van der Waals surface area (Å²) < 4.78 is 6.53. The molecule has 0 saturated carbocycles. The van der Waals surface area contributed by atoms with Crippen LogP contribution in [0.3, 0.4) is 0 Å². The first-order valence-corrected chi connectivity index (χ1v) is 6.04. The molecule has 1 nitrogen and oxygen atoms in total. The molecule has 17 heavy (non-hydrogen) atoms. The Labute approximate surface area is 111 Å². The van der Waals surface area contributed by atoms with E-state index >= 15 is 0 Å². The number of halogens is 1. The molecule has 0 spiro atoms. The average Bonchev–Trinajstić information content (AvgIpc) is 2.36. The zero-order valence-corrected chi connectivity index (χ0v) is 11.2. The minimum Gasteiger partial charge on any atom is -0.489 e. The number of hydrogen-bond donors (Lipinski definition) is 0. The van der Waals surface area contributed by atoms with Gasteiger partial charge < -0.3 is 4.74 Å². The van der Waals surface area contributed by atoms with Gasteiger partial charge in [0.2, 0.25) is 0 Å². The third kappa shape index (κ3) is 5.36. The zero-order valence-electron chi connectivity index (χ0n) is 9.60. The summed E-state index contributed by atoms with van der Waals surface area (Å²) in [4.78, 5) is 0. The van der Waals surface area contributed by atoms with Gasteiger partial charge in [0.05, 0.1) is 0 Å². The number of rotatable bonds is 6. The molecule has 88 valence electrons. The molecule has 0 fully saturated rings. The molecule has 0 radical (unpaired) electrons. The summed E-state index contributed by atoms with van der Waals surface area (Å²) in [5.74, 6) is 0.721. The maximum atomic E-state index is 5.63. The molecular formula is C15H15BrO. The molecule has 1 rings (SSSR count). The molecular weight excluding hydrogens is 276 g/mol. The van der Waals surface area contributed by atoms with Gasteiger partial charge in [-0.25, -0.2) is 0 Å². The highest BCUT2D eigenvalue weighted by molar-refractivity contribution is 9.11. The van der Waals surface area contributed by atoms with Crippen molar-refractivity contribution in [1.82, 2.24) is 0 Å². The van der Waals surface area contributed by atoms with Gasteiger partial charge in [-0.05, 0) is 23.8 Å². The van der Waals surface area contributed by atoms with Crippen LogP contribution in [0.1, 0.15) is 5.56 Å². The third-order valence-electron chi connectivity index (χ3n) is 2.01. The maximum Gasteiger partial charge on any atom is 0.120 e. The lowest BCUT2D eigenvalue weighted by Crippen LogP contribution is -1.91. The standard InChI is InChI=1S/C15H15BrO/c1-3-8-14(16)11-15(4-2)17-12-13-9-6-5-7-10-13/h3-11H,1-2,12H2/b14-8+,15-11+. The summed E-state index contributed by atoms with van der Waals surface area (Å²) in [5, 5.41) is 0. The number of hydrogen-bond acceptors (Lipinski definition) is 1. The highest BCUT2D eigenvalue weighted by Crippen LogP contribution is 2.13.